The zero-order valence-electron chi connectivity index (χ0n) is 8.27. The van der Waals surface area contributed by atoms with E-state index in [9.17, 15) is 0 Å². The standard InChI is InChI=1S/C10H20N2/c1-10(2)7-12(8-10)6-9-3-4-11-5-9/h9,11H,3-8H2,1-2H3. The Hall–Kier alpha value is -0.0800. The lowest BCUT2D eigenvalue weighted by atomic mass is 9.84. The normalized spacial score (nSPS) is 35.0. The van der Waals surface area contributed by atoms with Crippen LogP contribution in [0.2, 0.25) is 0 Å². The molecule has 1 atom stereocenters. The van der Waals surface area contributed by atoms with Crippen LogP contribution in [0, 0.1) is 11.3 Å². The smallest absolute Gasteiger partial charge is 0.00453 e. The maximum atomic E-state index is 3.42. The minimum absolute atomic E-state index is 0.603. The third-order valence-corrected chi connectivity index (χ3v) is 2.98. The van der Waals surface area contributed by atoms with Gasteiger partial charge in [0.2, 0.25) is 0 Å². The van der Waals surface area contributed by atoms with Gasteiger partial charge in [0, 0.05) is 19.6 Å². The van der Waals surface area contributed by atoms with Crippen molar-refractivity contribution in [1.82, 2.24) is 10.2 Å². The number of hydrogen-bond donors (Lipinski definition) is 1. The monoisotopic (exact) mass is 168 g/mol. The highest BCUT2D eigenvalue weighted by molar-refractivity contribution is 4.89. The molecule has 2 fully saturated rings. The summed E-state index contributed by atoms with van der Waals surface area (Å²) in [7, 11) is 0. The summed E-state index contributed by atoms with van der Waals surface area (Å²) in [6, 6.07) is 0. The van der Waals surface area contributed by atoms with E-state index in [1.54, 1.807) is 0 Å². The fourth-order valence-corrected chi connectivity index (χ4v) is 2.53. The zero-order valence-corrected chi connectivity index (χ0v) is 8.27. The Morgan fingerprint density at radius 2 is 2.17 bits per heavy atom. The molecule has 0 amide bonds. The summed E-state index contributed by atoms with van der Waals surface area (Å²) in [5, 5.41) is 3.42. The third-order valence-electron chi connectivity index (χ3n) is 2.98. The van der Waals surface area contributed by atoms with Gasteiger partial charge in [-0.2, -0.15) is 0 Å². The molecule has 0 spiro atoms. The molecule has 2 rings (SSSR count). The Balaban J connectivity index is 1.69. The average Bonchev–Trinajstić information content (AvgIpc) is 2.35. The molecule has 1 unspecified atom stereocenters. The molecule has 0 bridgehead atoms. The highest BCUT2D eigenvalue weighted by Crippen LogP contribution is 2.29. The van der Waals surface area contributed by atoms with Gasteiger partial charge >= 0.3 is 0 Å². The fraction of sp³-hybridized carbons (Fsp3) is 1.00. The molecule has 2 aliphatic rings. The Bertz CT molecular complexity index is 151. The van der Waals surface area contributed by atoms with Crippen LogP contribution in [-0.2, 0) is 0 Å². The van der Waals surface area contributed by atoms with Gasteiger partial charge < -0.3 is 10.2 Å². The molecule has 0 aliphatic carbocycles. The molecular weight excluding hydrogens is 148 g/mol. The molecule has 2 saturated heterocycles. The van der Waals surface area contributed by atoms with E-state index >= 15 is 0 Å². The Labute approximate surface area is 75.3 Å². The number of nitrogens with zero attached hydrogens (tertiary/aromatic N) is 1. The van der Waals surface area contributed by atoms with Crippen molar-refractivity contribution < 1.29 is 0 Å². The lowest BCUT2D eigenvalue weighted by Gasteiger charge is -2.46. The van der Waals surface area contributed by atoms with Crippen molar-refractivity contribution in [2.24, 2.45) is 11.3 Å². The summed E-state index contributed by atoms with van der Waals surface area (Å²) in [4.78, 5) is 2.59. The predicted molar refractivity (Wildman–Crippen MR) is 51.2 cm³/mol. The van der Waals surface area contributed by atoms with Crippen LogP contribution in [-0.4, -0.2) is 37.6 Å². The molecule has 2 heterocycles. The number of hydrogen-bond acceptors (Lipinski definition) is 2. The molecule has 12 heavy (non-hydrogen) atoms. The lowest BCUT2D eigenvalue weighted by Crippen LogP contribution is -2.54. The van der Waals surface area contributed by atoms with Crippen molar-refractivity contribution in [2.75, 3.05) is 32.7 Å². The van der Waals surface area contributed by atoms with Crippen molar-refractivity contribution in [1.29, 1.82) is 0 Å². The van der Waals surface area contributed by atoms with Gasteiger partial charge in [0.05, 0.1) is 0 Å². The minimum atomic E-state index is 0.603. The number of nitrogens with one attached hydrogen (secondary N) is 1. The molecule has 0 aromatic rings. The second-order valence-electron chi connectivity index (χ2n) is 5.19. The Kier molecular flexibility index (Phi) is 2.13. The molecule has 0 aromatic carbocycles. The van der Waals surface area contributed by atoms with Gasteiger partial charge in [0.25, 0.3) is 0 Å². The van der Waals surface area contributed by atoms with Crippen LogP contribution < -0.4 is 5.32 Å². The molecule has 2 aliphatic heterocycles. The second-order valence-corrected chi connectivity index (χ2v) is 5.19. The summed E-state index contributed by atoms with van der Waals surface area (Å²) in [5.74, 6) is 0.932. The van der Waals surface area contributed by atoms with Gasteiger partial charge in [-0.25, -0.2) is 0 Å². The summed E-state index contributed by atoms with van der Waals surface area (Å²) < 4.78 is 0. The third kappa shape index (κ3) is 1.80. The van der Waals surface area contributed by atoms with Gasteiger partial charge in [-0.15, -0.1) is 0 Å². The van der Waals surface area contributed by atoms with Crippen LogP contribution in [0.15, 0.2) is 0 Å². The number of likely N-dealkylation sites (tertiary alicyclic amines) is 1. The van der Waals surface area contributed by atoms with Gasteiger partial charge in [0.1, 0.15) is 0 Å². The van der Waals surface area contributed by atoms with Gasteiger partial charge in [-0.05, 0) is 30.8 Å². The maximum Gasteiger partial charge on any atom is 0.00453 e. The van der Waals surface area contributed by atoms with Crippen LogP contribution >= 0.6 is 0 Å². The summed E-state index contributed by atoms with van der Waals surface area (Å²) in [6.07, 6.45) is 1.39. The van der Waals surface area contributed by atoms with Crippen molar-refractivity contribution in [3.63, 3.8) is 0 Å². The van der Waals surface area contributed by atoms with E-state index in [1.807, 2.05) is 0 Å². The zero-order chi connectivity index (χ0) is 8.60. The van der Waals surface area contributed by atoms with Crippen molar-refractivity contribution in [2.45, 2.75) is 20.3 Å². The van der Waals surface area contributed by atoms with Crippen LogP contribution in [0.1, 0.15) is 20.3 Å². The summed E-state index contributed by atoms with van der Waals surface area (Å²) in [5.41, 5.74) is 0.603. The van der Waals surface area contributed by atoms with E-state index < -0.39 is 0 Å². The topological polar surface area (TPSA) is 15.3 Å². The van der Waals surface area contributed by atoms with Crippen LogP contribution in [0.4, 0.5) is 0 Å². The molecule has 1 N–H and O–H groups in total. The Morgan fingerprint density at radius 3 is 2.67 bits per heavy atom. The highest BCUT2D eigenvalue weighted by atomic mass is 15.2. The van der Waals surface area contributed by atoms with E-state index in [-0.39, 0.29) is 0 Å². The molecular formula is C10H20N2. The first-order valence-corrected chi connectivity index (χ1v) is 5.09. The maximum absolute atomic E-state index is 3.42. The fourth-order valence-electron chi connectivity index (χ4n) is 2.53. The van der Waals surface area contributed by atoms with E-state index in [1.165, 1.54) is 39.1 Å². The van der Waals surface area contributed by atoms with Crippen molar-refractivity contribution in [3.8, 4) is 0 Å². The molecule has 0 saturated carbocycles. The SMILES string of the molecule is CC1(C)CN(CC2CCNC2)C1. The first kappa shape index (κ1) is 8.52. The molecule has 0 radical (unpaired) electrons. The first-order chi connectivity index (χ1) is 5.66. The molecule has 70 valence electrons. The minimum Gasteiger partial charge on any atom is -0.316 e. The van der Waals surface area contributed by atoms with E-state index in [0.29, 0.717) is 5.41 Å². The quantitative estimate of drug-likeness (QED) is 0.660. The van der Waals surface area contributed by atoms with E-state index in [0.717, 1.165) is 5.92 Å². The second kappa shape index (κ2) is 3.00. The average molecular weight is 168 g/mol. The largest absolute Gasteiger partial charge is 0.316 e. The van der Waals surface area contributed by atoms with Crippen LogP contribution in [0.5, 0.6) is 0 Å². The van der Waals surface area contributed by atoms with Crippen LogP contribution in [0.3, 0.4) is 0 Å². The van der Waals surface area contributed by atoms with E-state index in [2.05, 4.69) is 24.1 Å². The van der Waals surface area contributed by atoms with Gasteiger partial charge in [0.15, 0.2) is 0 Å². The van der Waals surface area contributed by atoms with Gasteiger partial charge in [-0.3, -0.25) is 0 Å². The summed E-state index contributed by atoms with van der Waals surface area (Å²) >= 11 is 0. The Morgan fingerprint density at radius 1 is 1.42 bits per heavy atom. The first-order valence-electron chi connectivity index (χ1n) is 5.09. The van der Waals surface area contributed by atoms with Crippen LogP contribution in [0.25, 0.3) is 0 Å². The van der Waals surface area contributed by atoms with Crippen molar-refractivity contribution in [3.05, 3.63) is 0 Å². The van der Waals surface area contributed by atoms with E-state index in [4.69, 9.17) is 0 Å². The summed E-state index contributed by atoms with van der Waals surface area (Å²) in [6.45, 7) is 11.1. The number of rotatable bonds is 2. The molecule has 2 heteroatoms. The molecule has 0 aromatic heterocycles. The highest BCUT2D eigenvalue weighted by Gasteiger charge is 2.35. The lowest BCUT2D eigenvalue weighted by molar-refractivity contribution is 0.0203. The van der Waals surface area contributed by atoms with Crippen molar-refractivity contribution >= 4 is 0 Å². The predicted octanol–water partition coefficient (Wildman–Crippen LogP) is 0.938. The molecule has 2 nitrogen and oxygen atoms in total. The van der Waals surface area contributed by atoms with Gasteiger partial charge in [-0.1, -0.05) is 13.8 Å².